The molecule has 39 heavy (non-hydrogen) atoms. The fourth-order valence-corrected chi connectivity index (χ4v) is 5.89. The van der Waals surface area contributed by atoms with Crippen molar-refractivity contribution in [1.29, 1.82) is 0 Å². The van der Waals surface area contributed by atoms with Gasteiger partial charge in [0.1, 0.15) is 12.4 Å². The van der Waals surface area contributed by atoms with Gasteiger partial charge in [-0.25, -0.2) is 14.0 Å². The van der Waals surface area contributed by atoms with E-state index in [1.54, 1.807) is 59.3 Å². The van der Waals surface area contributed by atoms with E-state index in [-0.39, 0.29) is 19.5 Å². The third-order valence-electron chi connectivity index (χ3n) is 6.08. The molecular weight excluding hydrogens is 576 g/mol. The number of alkyl halides is 3. The number of hydrogen-bond acceptors (Lipinski definition) is 4. The standard InChI is InChI=1S/C26H19Cl2F3N4O3S/c27-19-6-9-21(22(28)12-19)23-14-34(24(32-23)11-17-2-1-3-18(10-17)26(29,30)31)13-16-4-7-20(8-5-16)35-15-25(36)33-39(35,37)38/h1-10,12,14H,11,13,15H2,(H,33,36). The normalized spacial score (nSPS) is 15.0. The Hall–Kier alpha value is -3.54. The summed E-state index contributed by atoms with van der Waals surface area (Å²) in [6.07, 6.45) is -2.61. The van der Waals surface area contributed by atoms with Crippen LogP contribution in [-0.4, -0.2) is 30.4 Å². The third kappa shape index (κ3) is 5.90. The highest BCUT2D eigenvalue weighted by molar-refractivity contribution is 7.92. The van der Waals surface area contributed by atoms with Crippen LogP contribution in [0.25, 0.3) is 11.3 Å². The minimum Gasteiger partial charge on any atom is -0.330 e. The molecule has 0 saturated carbocycles. The quantitative estimate of drug-likeness (QED) is 0.310. The van der Waals surface area contributed by atoms with Gasteiger partial charge in [0, 0.05) is 29.7 Å². The first-order valence-electron chi connectivity index (χ1n) is 11.5. The van der Waals surface area contributed by atoms with Crippen molar-refractivity contribution in [3.63, 3.8) is 0 Å². The van der Waals surface area contributed by atoms with E-state index < -0.39 is 27.9 Å². The number of carbonyl (C=O) groups is 1. The number of hydrogen-bond donors (Lipinski definition) is 1. The van der Waals surface area contributed by atoms with Gasteiger partial charge in [0.05, 0.1) is 22.0 Å². The molecule has 1 aliphatic heterocycles. The van der Waals surface area contributed by atoms with Crippen LogP contribution in [0.2, 0.25) is 10.0 Å². The third-order valence-corrected chi connectivity index (χ3v) is 8.03. The van der Waals surface area contributed by atoms with E-state index in [9.17, 15) is 26.4 Å². The van der Waals surface area contributed by atoms with Crippen LogP contribution in [0.15, 0.2) is 72.9 Å². The Labute approximate surface area is 232 Å². The van der Waals surface area contributed by atoms with Crippen molar-refractivity contribution < 1.29 is 26.4 Å². The number of halogens is 5. The van der Waals surface area contributed by atoms with E-state index in [2.05, 4.69) is 4.98 Å². The molecule has 1 N–H and O–H groups in total. The number of amides is 1. The highest BCUT2D eigenvalue weighted by Crippen LogP contribution is 2.32. The van der Waals surface area contributed by atoms with Crippen LogP contribution in [0.3, 0.4) is 0 Å². The van der Waals surface area contributed by atoms with Crippen LogP contribution in [0.4, 0.5) is 18.9 Å². The molecule has 1 aromatic heterocycles. The lowest BCUT2D eigenvalue weighted by atomic mass is 10.1. The lowest BCUT2D eigenvalue weighted by Gasteiger charge is -2.15. The molecule has 3 aromatic carbocycles. The number of benzene rings is 3. The Morgan fingerprint density at radius 1 is 0.974 bits per heavy atom. The van der Waals surface area contributed by atoms with E-state index in [0.717, 1.165) is 22.0 Å². The number of aromatic nitrogens is 2. The molecule has 7 nitrogen and oxygen atoms in total. The van der Waals surface area contributed by atoms with Crippen LogP contribution in [0.1, 0.15) is 22.5 Å². The minimum absolute atomic E-state index is 0.118. The van der Waals surface area contributed by atoms with Crippen molar-refractivity contribution in [2.75, 3.05) is 10.8 Å². The average molecular weight is 595 g/mol. The molecule has 0 unspecified atom stereocenters. The molecule has 0 atom stereocenters. The smallest absolute Gasteiger partial charge is 0.330 e. The second-order valence-electron chi connectivity index (χ2n) is 8.87. The number of imidazole rings is 1. The van der Waals surface area contributed by atoms with Gasteiger partial charge in [-0.05, 0) is 47.5 Å². The van der Waals surface area contributed by atoms with Crippen molar-refractivity contribution >= 4 is 45.0 Å². The van der Waals surface area contributed by atoms with E-state index in [4.69, 9.17) is 23.2 Å². The molecule has 5 rings (SSSR count). The van der Waals surface area contributed by atoms with Crippen molar-refractivity contribution in [3.8, 4) is 11.3 Å². The zero-order chi connectivity index (χ0) is 27.9. The second kappa shape index (κ2) is 10.2. The van der Waals surface area contributed by atoms with Crippen molar-refractivity contribution in [2.24, 2.45) is 0 Å². The lowest BCUT2D eigenvalue weighted by molar-refractivity contribution is -0.137. The lowest BCUT2D eigenvalue weighted by Crippen LogP contribution is -2.29. The van der Waals surface area contributed by atoms with Gasteiger partial charge in [-0.15, -0.1) is 0 Å². The largest absolute Gasteiger partial charge is 0.416 e. The van der Waals surface area contributed by atoms with E-state index in [1.165, 1.54) is 6.07 Å². The van der Waals surface area contributed by atoms with Crippen LogP contribution < -0.4 is 9.03 Å². The summed E-state index contributed by atoms with van der Waals surface area (Å²) in [7, 11) is -3.93. The Morgan fingerprint density at radius 2 is 1.72 bits per heavy atom. The molecule has 2 heterocycles. The van der Waals surface area contributed by atoms with Crippen LogP contribution in [0, 0.1) is 0 Å². The summed E-state index contributed by atoms with van der Waals surface area (Å²) in [5, 5.41) is 0.821. The Kier molecular flexibility index (Phi) is 7.08. The van der Waals surface area contributed by atoms with Gasteiger partial charge in [-0.1, -0.05) is 53.5 Å². The molecule has 202 valence electrons. The Morgan fingerprint density at radius 3 is 2.36 bits per heavy atom. The minimum atomic E-state index is -4.47. The maximum Gasteiger partial charge on any atom is 0.416 e. The molecule has 4 aromatic rings. The molecule has 0 spiro atoms. The predicted octanol–water partition coefficient (Wildman–Crippen LogP) is 5.70. The summed E-state index contributed by atoms with van der Waals surface area (Å²) in [5.74, 6) is -0.124. The maximum absolute atomic E-state index is 13.3. The Balaban J connectivity index is 1.48. The number of nitrogens with zero attached hydrogens (tertiary/aromatic N) is 3. The van der Waals surface area contributed by atoms with Gasteiger partial charge in [0.15, 0.2) is 0 Å². The summed E-state index contributed by atoms with van der Waals surface area (Å²) in [5.41, 5.74) is 1.89. The first kappa shape index (κ1) is 27.0. The highest BCUT2D eigenvalue weighted by Gasteiger charge is 2.34. The van der Waals surface area contributed by atoms with E-state index >= 15 is 0 Å². The van der Waals surface area contributed by atoms with Crippen LogP contribution in [0.5, 0.6) is 0 Å². The van der Waals surface area contributed by atoms with Crippen molar-refractivity contribution in [1.82, 2.24) is 14.3 Å². The summed E-state index contributed by atoms with van der Waals surface area (Å²) in [6.45, 7) is -0.0216. The van der Waals surface area contributed by atoms with Crippen molar-refractivity contribution in [3.05, 3.63) is 105 Å². The highest BCUT2D eigenvalue weighted by atomic mass is 35.5. The molecule has 1 saturated heterocycles. The van der Waals surface area contributed by atoms with Gasteiger partial charge < -0.3 is 4.57 Å². The first-order chi connectivity index (χ1) is 18.4. The monoisotopic (exact) mass is 594 g/mol. The number of rotatable bonds is 6. The molecule has 0 aliphatic carbocycles. The predicted molar refractivity (Wildman–Crippen MR) is 142 cm³/mol. The van der Waals surface area contributed by atoms with Gasteiger partial charge in [-0.2, -0.15) is 21.6 Å². The zero-order valence-electron chi connectivity index (χ0n) is 19.9. The fraction of sp³-hybridized carbons (Fsp3) is 0.154. The van der Waals surface area contributed by atoms with Gasteiger partial charge >= 0.3 is 16.4 Å². The second-order valence-corrected chi connectivity index (χ2v) is 11.3. The summed E-state index contributed by atoms with van der Waals surface area (Å²) in [6, 6.07) is 16.6. The maximum atomic E-state index is 13.3. The van der Waals surface area contributed by atoms with Gasteiger partial charge in [0.25, 0.3) is 5.91 Å². The molecule has 1 aliphatic rings. The number of nitrogens with one attached hydrogen (secondary N) is 1. The molecular formula is C26H19Cl2F3N4O3S. The van der Waals surface area contributed by atoms with E-state index in [1.807, 2.05) is 4.72 Å². The fourth-order valence-electron chi connectivity index (χ4n) is 4.24. The first-order valence-corrected chi connectivity index (χ1v) is 13.7. The number of carbonyl (C=O) groups excluding carboxylic acids is 1. The van der Waals surface area contributed by atoms with Crippen LogP contribution >= 0.6 is 23.2 Å². The molecule has 0 radical (unpaired) electrons. The summed E-state index contributed by atoms with van der Waals surface area (Å²) < 4.78 is 68.8. The number of anilines is 1. The van der Waals surface area contributed by atoms with Gasteiger partial charge in [0.2, 0.25) is 0 Å². The average Bonchev–Trinajstić information content (AvgIpc) is 3.37. The summed E-state index contributed by atoms with van der Waals surface area (Å²) >= 11 is 12.4. The molecule has 0 bridgehead atoms. The SMILES string of the molecule is O=C1CN(c2ccc(Cn3cc(-c4ccc(Cl)cc4Cl)nc3Cc3cccc(C(F)(F)F)c3)cc2)S(=O)(=O)N1. The van der Waals surface area contributed by atoms with E-state index in [0.29, 0.717) is 38.4 Å². The topological polar surface area (TPSA) is 84.3 Å². The molecule has 1 amide bonds. The summed E-state index contributed by atoms with van der Waals surface area (Å²) in [4.78, 5) is 16.2. The molecule has 1 fully saturated rings. The Bertz CT molecular complexity index is 1670. The van der Waals surface area contributed by atoms with Gasteiger partial charge in [-0.3, -0.25) is 4.79 Å². The van der Waals surface area contributed by atoms with Crippen molar-refractivity contribution in [2.45, 2.75) is 19.1 Å². The molecule has 13 heteroatoms. The van der Waals surface area contributed by atoms with Crippen LogP contribution in [-0.2, 0) is 34.1 Å². The zero-order valence-corrected chi connectivity index (χ0v) is 22.2.